The number of hydrogen-bond donors (Lipinski definition) is 2. The van der Waals surface area contributed by atoms with E-state index in [0.29, 0.717) is 11.5 Å². The van der Waals surface area contributed by atoms with Crippen molar-refractivity contribution in [1.29, 1.82) is 0 Å². The molecular weight excluding hydrogens is 242 g/mol. The minimum absolute atomic E-state index is 0.0294. The topological polar surface area (TPSA) is 66.6 Å². The molecule has 100 valence electrons. The van der Waals surface area contributed by atoms with E-state index in [1.54, 1.807) is 24.7 Å². The van der Waals surface area contributed by atoms with Gasteiger partial charge in [0.05, 0.1) is 30.2 Å². The third-order valence-electron chi connectivity index (χ3n) is 3.88. The van der Waals surface area contributed by atoms with Crippen molar-refractivity contribution in [3.8, 4) is 0 Å². The molecule has 2 N–H and O–H groups in total. The van der Waals surface area contributed by atoms with E-state index in [0.717, 1.165) is 18.4 Å². The monoisotopic (exact) mass is 259 g/mol. The predicted molar refractivity (Wildman–Crippen MR) is 70.9 cm³/mol. The SMILES string of the molecule is CC(CO)(NC(=O)c1ccn2cncc2c1)C1CC1. The highest BCUT2D eigenvalue weighted by Crippen LogP contribution is 2.39. The maximum atomic E-state index is 12.3. The summed E-state index contributed by atoms with van der Waals surface area (Å²) in [6.45, 7) is 1.87. The van der Waals surface area contributed by atoms with E-state index in [4.69, 9.17) is 0 Å². The molecule has 5 heteroatoms. The summed E-state index contributed by atoms with van der Waals surface area (Å²) in [5.74, 6) is 0.243. The number of carbonyl (C=O) groups excluding carboxylic acids is 1. The van der Waals surface area contributed by atoms with Crippen LogP contribution in [-0.2, 0) is 0 Å². The van der Waals surface area contributed by atoms with Gasteiger partial charge in [0.25, 0.3) is 5.91 Å². The van der Waals surface area contributed by atoms with Crippen molar-refractivity contribution in [1.82, 2.24) is 14.7 Å². The standard InChI is InChI=1S/C14H17N3O2/c1-14(8-18,11-2-3-11)16-13(19)10-4-5-17-9-15-7-12(17)6-10/h4-7,9,11,18H,2-3,8H2,1H3,(H,16,19). The van der Waals surface area contributed by atoms with Gasteiger partial charge < -0.3 is 14.8 Å². The number of imidazole rings is 1. The molecule has 1 fully saturated rings. The van der Waals surface area contributed by atoms with Gasteiger partial charge in [-0.15, -0.1) is 0 Å². The molecule has 2 heterocycles. The maximum Gasteiger partial charge on any atom is 0.251 e. The van der Waals surface area contributed by atoms with Crippen LogP contribution in [0, 0.1) is 5.92 Å². The Labute approximate surface area is 111 Å². The number of aliphatic hydroxyl groups is 1. The zero-order valence-corrected chi connectivity index (χ0v) is 10.8. The number of amides is 1. The second kappa shape index (κ2) is 4.35. The molecule has 1 aliphatic carbocycles. The quantitative estimate of drug-likeness (QED) is 0.867. The van der Waals surface area contributed by atoms with Crippen LogP contribution in [-0.4, -0.2) is 32.5 Å². The Bertz CT molecular complexity index is 618. The second-order valence-corrected chi connectivity index (χ2v) is 5.45. The van der Waals surface area contributed by atoms with Crippen molar-refractivity contribution >= 4 is 11.4 Å². The zero-order chi connectivity index (χ0) is 13.5. The third-order valence-corrected chi connectivity index (χ3v) is 3.88. The number of rotatable bonds is 4. The van der Waals surface area contributed by atoms with Gasteiger partial charge in [-0.25, -0.2) is 4.98 Å². The van der Waals surface area contributed by atoms with Gasteiger partial charge in [-0.2, -0.15) is 0 Å². The van der Waals surface area contributed by atoms with Crippen LogP contribution in [0.1, 0.15) is 30.1 Å². The van der Waals surface area contributed by atoms with Gasteiger partial charge in [0.2, 0.25) is 0 Å². The minimum Gasteiger partial charge on any atom is -0.394 e. The average molecular weight is 259 g/mol. The number of aromatic nitrogens is 2. The number of aliphatic hydroxyl groups excluding tert-OH is 1. The largest absolute Gasteiger partial charge is 0.394 e. The van der Waals surface area contributed by atoms with Gasteiger partial charge in [-0.05, 0) is 37.8 Å². The number of carbonyl (C=O) groups is 1. The Hall–Kier alpha value is -1.88. The van der Waals surface area contributed by atoms with Gasteiger partial charge >= 0.3 is 0 Å². The molecule has 0 aromatic carbocycles. The third kappa shape index (κ3) is 2.21. The first-order valence-corrected chi connectivity index (χ1v) is 6.47. The zero-order valence-electron chi connectivity index (χ0n) is 10.8. The van der Waals surface area contributed by atoms with Crippen LogP contribution >= 0.6 is 0 Å². The van der Waals surface area contributed by atoms with Gasteiger partial charge in [0, 0.05) is 11.8 Å². The van der Waals surface area contributed by atoms with Crippen molar-refractivity contribution in [3.63, 3.8) is 0 Å². The number of nitrogens with one attached hydrogen (secondary N) is 1. The van der Waals surface area contributed by atoms with E-state index < -0.39 is 5.54 Å². The van der Waals surface area contributed by atoms with Crippen molar-refractivity contribution in [2.75, 3.05) is 6.61 Å². The van der Waals surface area contributed by atoms with Gasteiger partial charge in [-0.1, -0.05) is 0 Å². The summed E-state index contributed by atoms with van der Waals surface area (Å²) in [5, 5.41) is 12.5. The molecule has 0 saturated heterocycles. The van der Waals surface area contributed by atoms with Gasteiger partial charge in [-0.3, -0.25) is 4.79 Å². The van der Waals surface area contributed by atoms with Crippen molar-refractivity contribution in [3.05, 3.63) is 36.4 Å². The van der Waals surface area contributed by atoms with E-state index in [1.165, 1.54) is 0 Å². The van der Waals surface area contributed by atoms with Crippen LogP contribution in [0.4, 0.5) is 0 Å². The Balaban J connectivity index is 1.82. The Morgan fingerprint density at radius 2 is 2.42 bits per heavy atom. The normalized spacial score (nSPS) is 18.2. The summed E-state index contributed by atoms with van der Waals surface area (Å²) >= 11 is 0. The predicted octanol–water partition coefficient (Wildman–Crippen LogP) is 1.23. The minimum atomic E-state index is -0.510. The van der Waals surface area contributed by atoms with E-state index in [1.807, 2.05) is 17.5 Å². The average Bonchev–Trinajstić information content (AvgIpc) is 3.17. The maximum absolute atomic E-state index is 12.3. The number of hydrogen-bond acceptors (Lipinski definition) is 3. The molecule has 2 aromatic rings. The first-order valence-electron chi connectivity index (χ1n) is 6.47. The Morgan fingerprint density at radius 3 is 3.11 bits per heavy atom. The highest BCUT2D eigenvalue weighted by molar-refractivity contribution is 5.95. The molecule has 0 spiro atoms. The summed E-state index contributed by atoms with van der Waals surface area (Å²) in [7, 11) is 0. The van der Waals surface area contributed by atoms with Crippen LogP contribution in [0.25, 0.3) is 5.52 Å². The van der Waals surface area contributed by atoms with E-state index >= 15 is 0 Å². The lowest BCUT2D eigenvalue weighted by Gasteiger charge is -2.28. The van der Waals surface area contributed by atoms with Gasteiger partial charge in [0.1, 0.15) is 0 Å². The smallest absolute Gasteiger partial charge is 0.251 e. The number of pyridine rings is 1. The molecular formula is C14H17N3O2. The lowest BCUT2D eigenvalue weighted by molar-refractivity contribution is 0.0824. The number of fused-ring (bicyclic) bond motifs is 1. The molecule has 1 aliphatic rings. The van der Waals surface area contributed by atoms with Crippen molar-refractivity contribution in [2.45, 2.75) is 25.3 Å². The molecule has 1 unspecified atom stereocenters. The molecule has 0 bridgehead atoms. The summed E-state index contributed by atoms with van der Waals surface area (Å²) < 4.78 is 1.85. The molecule has 0 aliphatic heterocycles. The summed E-state index contributed by atoms with van der Waals surface area (Å²) in [5.41, 5.74) is 0.960. The Morgan fingerprint density at radius 1 is 1.63 bits per heavy atom. The van der Waals surface area contributed by atoms with Crippen LogP contribution in [0.15, 0.2) is 30.9 Å². The second-order valence-electron chi connectivity index (χ2n) is 5.45. The van der Waals surface area contributed by atoms with Crippen LogP contribution in [0.2, 0.25) is 0 Å². The highest BCUT2D eigenvalue weighted by Gasteiger charge is 2.42. The first kappa shape index (κ1) is 12.2. The fourth-order valence-corrected chi connectivity index (χ4v) is 2.38. The van der Waals surface area contributed by atoms with E-state index in [-0.39, 0.29) is 12.5 Å². The van der Waals surface area contributed by atoms with Crippen molar-refractivity contribution < 1.29 is 9.90 Å². The fourth-order valence-electron chi connectivity index (χ4n) is 2.38. The molecule has 5 nitrogen and oxygen atoms in total. The van der Waals surface area contributed by atoms with Crippen LogP contribution < -0.4 is 5.32 Å². The summed E-state index contributed by atoms with van der Waals surface area (Å²) in [6.07, 6.45) is 7.35. The molecule has 1 atom stereocenters. The summed E-state index contributed by atoms with van der Waals surface area (Å²) in [6, 6.07) is 3.56. The lowest BCUT2D eigenvalue weighted by atomic mass is 9.96. The van der Waals surface area contributed by atoms with E-state index in [9.17, 15) is 9.90 Å². The van der Waals surface area contributed by atoms with E-state index in [2.05, 4.69) is 10.3 Å². The lowest BCUT2D eigenvalue weighted by Crippen LogP contribution is -2.50. The molecule has 1 saturated carbocycles. The molecule has 0 radical (unpaired) electrons. The fraction of sp³-hybridized carbons (Fsp3) is 0.429. The molecule has 1 amide bonds. The molecule has 2 aromatic heterocycles. The molecule has 19 heavy (non-hydrogen) atoms. The van der Waals surface area contributed by atoms with Crippen LogP contribution in [0.3, 0.4) is 0 Å². The van der Waals surface area contributed by atoms with Gasteiger partial charge in [0.15, 0.2) is 0 Å². The molecule has 3 rings (SSSR count). The number of nitrogens with zero attached hydrogens (tertiary/aromatic N) is 2. The highest BCUT2D eigenvalue weighted by atomic mass is 16.3. The first-order chi connectivity index (χ1) is 9.12. The van der Waals surface area contributed by atoms with Crippen LogP contribution in [0.5, 0.6) is 0 Å². The van der Waals surface area contributed by atoms with Crippen molar-refractivity contribution in [2.24, 2.45) is 5.92 Å². The summed E-state index contributed by atoms with van der Waals surface area (Å²) in [4.78, 5) is 16.3. The Kier molecular flexibility index (Phi) is 2.78.